The highest BCUT2D eigenvalue weighted by Crippen LogP contribution is 2.37. The number of aromatic nitrogens is 1. The van der Waals surface area contributed by atoms with E-state index in [-0.39, 0.29) is 10.8 Å². The van der Waals surface area contributed by atoms with Gasteiger partial charge in [-0.2, -0.15) is 0 Å². The Labute approximate surface area is 202 Å². The molecule has 2 heterocycles. The third kappa shape index (κ3) is 4.37. The number of rotatable bonds is 3. The van der Waals surface area contributed by atoms with Gasteiger partial charge in [-0.25, -0.2) is 0 Å². The maximum atomic E-state index is 6.44. The van der Waals surface area contributed by atoms with Gasteiger partial charge in [0.2, 0.25) is 0 Å². The summed E-state index contributed by atoms with van der Waals surface area (Å²) in [5, 5.41) is 3.70. The summed E-state index contributed by atoms with van der Waals surface area (Å²) >= 11 is 0. The van der Waals surface area contributed by atoms with E-state index in [4.69, 9.17) is 9.40 Å². The molecule has 0 N–H and O–H groups in total. The molecule has 2 nitrogen and oxygen atoms in total. The van der Waals surface area contributed by atoms with Crippen LogP contribution in [0.2, 0.25) is 0 Å². The minimum Gasteiger partial charge on any atom is -0.456 e. The van der Waals surface area contributed by atoms with E-state index in [1.54, 1.807) is 0 Å². The molecule has 0 aliphatic heterocycles. The molecular formula is C32H33NO. The third-order valence-corrected chi connectivity index (χ3v) is 6.36. The van der Waals surface area contributed by atoms with Crippen LogP contribution in [0, 0.1) is 5.41 Å². The zero-order chi connectivity index (χ0) is 24.1. The van der Waals surface area contributed by atoms with Crippen molar-refractivity contribution in [1.29, 1.82) is 0 Å². The van der Waals surface area contributed by atoms with Gasteiger partial charge in [-0.15, -0.1) is 0 Å². The van der Waals surface area contributed by atoms with Gasteiger partial charge in [0.15, 0.2) is 0 Å². The summed E-state index contributed by atoms with van der Waals surface area (Å²) in [6.45, 7) is 13.6. The monoisotopic (exact) mass is 447 g/mol. The molecule has 0 amide bonds. The number of para-hydroxylation sites is 1. The Morgan fingerprint density at radius 3 is 2.26 bits per heavy atom. The lowest BCUT2D eigenvalue weighted by Crippen LogP contribution is -2.12. The van der Waals surface area contributed by atoms with Crippen molar-refractivity contribution in [2.24, 2.45) is 5.41 Å². The van der Waals surface area contributed by atoms with Crippen LogP contribution in [-0.2, 0) is 11.8 Å². The number of hydrogen-bond acceptors (Lipinski definition) is 2. The molecule has 0 aliphatic rings. The molecule has 0 saturated carbocycles. The van der Waals surface area contributed by atoms with Gasteiger partial charge in [0, 0.05) is 22.7 Å². The average molecular weight is 448 g/mol. The summed E-state index contributed by atoms with van der Waals surface area (Å²) in [6.07, 6.45) is 2.87. The van der Waals surface area contributed by atoms with E-state index < -0.39 is 0 Å². The van der Waals surface area contributed by atoms with Gasteiger partial charge in [0.1, 0.15) is 11.3 Å². The molecule has 5 aromatic rings. The highest BCUT2D eigenvalue weighted by molar-refractivity contribution is 5.91. The lowest BCUT2D eigenvalue weighted by molar-refractivity contribution is 0.410. The summed E-state index contributed by atoms with van der Waals surface area (Å²) in [5.74, 6) is 0.886. The van der Waals surface area contributed by atoms with Crippen molar-refractivity contribution in [1.82, 2.24) is 4.98 Å². The molecule has 0 aliphatic carbocycles. The molecule has 2 heteroatoms. The largest absolute Gasteiger partial charge is 0.456 e. The number of nitrogens with zero attached hydrogens (tertiary/aromatic N) is 1. The Hall–Kier alpha value is -3.39. The first kappa shape index (κ1) is 22.4. The molecule has 0 bridgehead atoms. The van der Waals surface area contributed by atoms with E-state index in [1.807, 2.05) is 12.3 Å². The Kier molecular flexibility index (Phi) is 5.36. The average Bonchev–Trinajstić information content (AvgIpc) is 3.22. The van der Waals surface area contributed by atoms with Crippen LogP contribution in [0.15, 0.2) is 83.4 Å². The number of hydrogen-bond donors (Lipinski definition) is 0. The SMILES string of the molecule is CC(C)(C)Cc1cccc2cc(-c3ccnc(-c4cc(C(C)(C)C)c5ccccc5c4)c3)oc12. The van der Waals surface area contributed by atoms with Crippen LogP contribution < -0.4 is 0 Å². The van der Waals surface area contributed by atoms with E-state index in [0.717, 1.165) is 40.0 Å². The van der Waals surface area contributed by atoms with E-state index in [2.05, 4.69) is 108 Å². The van der Waals surface area contributed by atoms with E-state index in [0.29, 0.717) is 0 Å². The Bertz CT molecular complexity index is 1490. The van der Waals surface area contributed by atoms with Crippen LogP contribution in [0.25, 0.3) is 44.3 Å². The summed E-state index contributed by atoms with van der Waals surface area (Å²) < 4.78 is 6.44. The number of fused-ring (bicyclic) bond motifs is 2. The summed E-state index contributed by atoms with van der Waals surface area (Å²) in [6, 6.07) is 26.0. The Balaban J connectivity index is 1.61. The first-order chi connectivity index (χ1) is 16.1. The maximum Gasteiger partial charge on any atom is 0.138 e. The smallest absolute Gasteiger partial charge is 0.138 e. The van der Waals surface area contributed by atoms with Gasteiger partial charge in [-0.3, -0.25) is 4.98 Å². The van der Waals surface area contributed by atoms with Gasteiger partial charge >= 0.3 is 0 Å². The summed E-state index contributed by atoms with van der Waals surface area (Å²) in [4.78, 5) is 4.74. The molecule has 0 atom stereocenters. The first-order valence-corrected chi connectivity index (χ1v) is 12.1. The summed E-state index contributed by atoms with van der Waals surface area (Å²) in [7, 11) is 0. The minimum absolute atomic E-state index is 0.0371. The predicted octanol–water partition coefficient (Wildman–Crippen LogP) is 9.20. The Morgan fingerprint density at radius 1 is 0.735 bits per heavy atom. The highest BCUT2D eigenvalue weighted by Gasteiger charge is 2.20. The van der Waals surface area contributed by atoms with Gasteiger partial charge in [-0.05, 0) is 69.5 Å². The topological polar surface area (TPSA) is 26.0 Å². The molecule has 34 heavy (non-hydrogen) atoms. The highest BCUT2D eigenvalue weighted by atomic mass is 16.3. The van der Waals surface area contributed by atoms with E-state index in [1.165, 1.54) is 21.9 Å². The number of furan rings is 1. The molecule has 0 fully saturated rings. The van der Waals surface area contributed by atoms with Gasteiger partial charge in [0.05, 0.1) is 5.69 Å². The molecule has 3 aromatic carbocycles. The minimum atomic E-state index is 0.0371. The van der Waals surface area contributed by atoms with Crippen molar-refractivity contribution in [2.75, 3.05) is 0 Å². The first-order valence-electron chi connectivity index (χ1n) is 12.1. The van der Waals surface area contributed by atoms with Crippen molar-refractivity contribution in [3.05, 3.63) is 90.1 Å². The van der Waals surface area contributed by atoms with Gasteiger partial charge in [0.25, 0.3) is 0 Å². The zero-order valence-corrected chi connectivity index (χ0v) is 21.1. The molecule has 172 valence electrons. The fourth-order valence-electron chi connectivity index (χ4n) is 4.80. The fraction of sp³-hybridized carbons (Fsp3) is 0.281. The van der Waals surface area contributed by atoms with Gasteiger partial charge in [-0.1, -0.05) is 84.0 Å². The molecule has 0 radical (unpaired) electrons. The second kappa shape index (κ2) is 8.13. The third-order valence-electron chi connectivity index (χ3n) is 6.36. The van der Waals surface area contributed by atoms with Crippen LogP contribution in [0.4, 0.5) is 0 Å². The number of pyridine rings is 1. The quantitative estimate of drug-likeness (QED) is 0.275. The van der Waals surface area contributed by atoms with Crippen molar-refractivity contribution in [2.45, 2.75) is 53.4 Å². The normalized spacial score (nSPS) is 12.5. The molecule has 0 spiro atoms. The lowest BCUT2D eigenvalue weighted by atomic mass is 9.82. The molecule has 0 unspecified atom stereocenters. The van der Waals surface area contributed by atoms with Crippen LogP contribution in [0.1, 0.15) is 52.7 Å². The maximum absolute atomic E-state index is 6.44. The van der Waals surface area contributed by atoms with Crippen LogP contribution in [0.5, 0.6) is 0 Å². The van der Waals surface area contributed by atoms with Crippen LogP contribution in [-0.4, -0.2) is 4.98 Å². The molecule has 5 rings (SSSR count). The van der Waals surface area contributed by atoms with Crippen molar-refractivity contribution >= 4 is 21.7 Å². The van der Waals surface area contributed by atoms with E-state index in [9.17, 15) is 0 Å². The summed E-state index contributed by atoms with van der Waals surface area (Å²) in [5.41, 5.74) is 6.97. The standard InChI is InChI=1S/C32H33NO/c1-31(2,3)20-24-12-9-11-23-19-29(34-30(23)24)22-14-15-33-28(18-22)25-16-21-10-7-8-13-26(21)27(17-25)32(4,5)6/h7-19H,20H2,1-6H3. The molecular weight excluding hydrogens is 414 g/mol. The van der Waals surface area contributed by atoms with Crippen molar-refractivity contribution in [3.63, 3.8) is 0 Å². The molecule has 0 saturated heterocycles. The van der Waals surface area contributed by atoms with Crippen LogP contribution >= 0.6 is 0 Å². The Morgan fingerprint density at radius 2 is 1.50 bits per heavy atom. The van der Waals surface area contributed by atoms with Gasteiger partial charge < -0.3 is 4.42 Å². The number of benzene rings is 3. The van der Waals surface area contributed by atoms with Crippen molar-refractivity contribution < 1.29 is 4.42 Å². The fourth-order valence-corrected chi connectivity index (χ4v) is 4.80. The second-order valence-electron chi connectivity index (χ2n) is 11.6. The van der Waals surface area contributed by atoms with Crippen LogP contribution in [0.3, 0.4) is 0 Å². The van der Waals surface area contributed by atoms with Crippen molar-refractivity contribution in [3.8, 4) is 22.6 Å². The second-order valence-corrected chi connectivity index (χ2v) is 11.6. The zero-order valence-electron chi connectivity index (χ0n) is 21.1. The lowest BCUT2D eigenvalue weighted by Gasteiger charge is -2.22. The molecule has 2 aromatic heterocycles. The van der Waals surface area contributed by atoms with E-state index >= 15 is 0 Å². The predicted molar refractivity (Wildman–Crippen MR) is 144 cm³/mol.